The lowest BCUT2D eigenvalue weighted by Gasteiger charge is -2.23. The Bertz CT molecular complexity index is 451. The van der Waals surface area contributed by atoms with Gasteiger partial charge in [-0.1, -0.05) is 18.5 Å². The summed E-state index contributed by atoms with van der Waals surface area (Å²) in [5.74, 6) is -1.86. The van der Waals surface area contributed by atoms with Crippen molar-refractivity contribution < 1.29 is 14.7 Å². The average molecular weight is 271 g/mol. The quantitative estimate of drug-likeness (QED) is 0.830. The van der Waals surface area contributed by atoms with E-state index in [1.54, 1.807) is 26.0 Å². The van der Waals surface area contributed by atoms with Crippen LogP contribution in [0.3, 0.4) is 0 Å². The second-order valence-corrected chi connectivity index (χ2v) is 4.28. The molecule has 18 heavy (non-hydrogen) atoms. The fraction of sp³-hybridized carbons (Fsp3) is 0.417. The van der Waals surface area contributed by atoms with Crippen molar-refractivity contribution in [2.24, 2.45) is 5.92 Å². The molecule has 0 aromatic carbocycles. The van der Waals surface area contributed by atoms with E-state index in [-0.39, 0.29) is 17.6 Å². The van der Waals surface area contributed by atoms with E-state index in [9.17, 15) is 9.59 Å². The van der Waals surface area contributed by atoms with Crippen LogP contribution in [0.4, 0.5) is 0 Å². The van der Waals surface area contributed by atoms with E-state index in [0.29, 0.717) is 12.1 Å². The van der Waals surface area contributed by atoms with E-state index in [4.69, 9.17) is 16.7 Å². The number of carboxylic acid groups (broad SMARTS) is 1. The van der Waals surface area contributed by atoms with Crippen LogP contribution in [0.2, 0.25) is 5.15 Å². The highest BCUT2D eigenvalue weighted by molar-refractivity contribution is 6.32. The van der Waals surface area contributed by atoms with Gasteiger partial charge in [-0.15, -0.1) is 0 Å². The van der Waals surface area contributed by atoms with Gasteiger partial charge in [0, 0.05) is 19.3 Å². The molecule has 0 saturated heterocycles. The summed E-state index contributed by atoms with van der Waals surface area (Å²) in [6.45, 7) is 3.91. The summed E-state index contributed by atoms with van der Waals surface area (Å²) < 4.78 is 0. The number of carbonyl (C=O) groups excluding carboxylic acids is 1. The minimum atomic E-state index is -0.932. The van der Waals surface area contributed by atoms with Gasteiger partial charge in [0.05, 0.1) is 11.5 Å². The Morgan fingerprint density at radius 3 is 2.72 bits per heavy atom. The lowest BCUT2D eigenvalue weighted by molar-refractivity contribution is -0.141. The Labute approximate surface area is 110 Å². The largest absolute Gasteiger partial charge is 0.481 e. The van der Waals surface area contributed by atoms with Crippen LogP contribution in [0.25, 0.3) is 0 Å². The van der Waals surface area contributed by atoms with Crippen molar-refractivity contribution in [2.75, 3.05) is 13.1 Å². The maximum Gasteiger partial charge on any atom is 0.308 e. The fourth-order valence-corrected chi connectivity index (χ4v) is 1.68. The first-order chi connectivity index (χ1) is 8.47. The zero-order valence-corrected chi connectivity index (χ0v) is 11.0. The number of carbonyl (C=O) groups is 2. The van der Waals surface area contributed by atoms with Gasteiger partial charge in [-0.3, -0.25) is 9.59 Å². The Morgan fingerprint density at radius 2 is 2.22 bits per heavy atom. The summed E-state index contributed by atoms with van der Waals surface area (Å²) in [7, 11) is 0. The number of aliphatic carboxylic acids is 1. The highest BCUT2D eigenvalue weighted by atomic mass is 35.5. The first-order valence-electron chi connectivity index (χ1n) is 5.60. The first kappa shape index (κ1) is 14.4. The van der Waals surface area contributed by atoms with Gasteiger partial charge in [0.15, 0.2) is 0 Å². The number of pyridine rings is 1. The Kier molecular flexibility index (Phi) is 5.09. The van der Waals surface area contributed by atoms with Gasteiger partial charge in [-0.2, -0.15) is 0 Å². The number of rotatable bonds is 5. The molecule has 0 aliphatic heterocycles. The number of amides is 1. The molecule has 6 heteroatoms. The van der Waals surface area contributed by atoms with Crippen LogP contribution in [0.15, 0.2) is 18.3 Å². The molecule has 0 aliphatic carbocycles. The third-order valence-electron chi connectivity index (χ3n) is 2.57. The minimum absolute atomic E-state index is 0.129. The second-order valence-electron chi connectivity index (χ2n) is 3.92. The van der Waals surface area contributed by atoms with Crippen molar-refractivity contribution in [3.8, 4) is 0 Å². The molecule has 1 atom stereocenters. The van der Waals surface area contributed by atoms with Gasteiger partial charge in [-0.25, -0.2) is 4.98 Å². The molecule has 0 saturated carbocycles. The molecule has 1 unspecified atom stereocenters. The van der Waals surface area contributed by atoms with E-state index in [1.165, 1.54) is 11.1 Å². The number of nitrogens with zero attached hydrogens (tertiary/aromatic N) is 2. The van der Waals surface area contributed by atoms with Crippen LogP contribution in [0.5, 0.6) is 0 Å². The van der Waals surface area contributed by atoms with Gasteiger partial charge in [0.25, 0.3) is 5.91 Å². The van der Waals surface area contributed by atoms with E-state index in [2.05, 4.69) is 4.98 Å². The molecule has 1 amide bonds. The van der Waals surface area contributed by atoms with Crippen molar-refractivity contribution in [3.05, 3.63) is 29.0 Å². The van der Waals surface area contributed by atoms with Crippen molar-refractivity contribution in [1.29, 1.82) is 0 Å². The molecule has 1 aromatic rings. The highest BCUT2D eigenvalue weighted by Crippen LogP contribution is 2.15. The fourth-order valence-electron chi connectivity index (χ4n) is 1.48. The second kappa shape index (κ2) is 6.35. The highest BCUT2D eigenvalue weighted by Gasteiger charge is 2.22. The summed E-state index contributed by atoms with van der Waals surface area (Å²) >= 11 is 5.84. The van der Waals surface area contributed by atoms with Crippen LogP contribution < -0.4 is 0 Å². The Balaban J connectivity index is 2.86. The molecule has 1 rings (SSSR count). The predicted octanol–water partition coefficient (Wildman–Crippen LogP) is 1.92. The molecule has 0 aliphatic rings. The van der Waals surface area contributed by atoms with Crippen LogP contribution in [-0.2, 0) is 4.79 Å². The molecule has 5 nitrogen and oxygen atoms in total. The number of hydrogen-bond donors (Lipinski definition) is 1. The molecule has 0 fully saturated rings. The van der Waals surface area contributed by atoms with Crippen LogP contribution in [-0.4, -0.2) is 40.0 Å². The van der Waals surface area contributed by atoms with Gasteiger partial charge in [0.1, 0.15) is 5.15 Å². The van der Waals surface area contributed by atoms with Gasteiger partial charge >= 0.3 is 5.97 Å². The van der Waals surface area contributed by atoms with Crippen molar-refractivity contribution >= 4 is 23.5 Å². The number of halogens is 1. The molecule has 1 N–H and O–H groups in total. The molecule has 1 heterocycles. The third-order valence-corrected chi connectivity index (χ3v) is 2.88. The minimum Gasteiger partial charge on any atom is -0.481 e. The first-order valence-corrected chi connectivity index (χ1v) is 5.97. The summed E-state index contributed by atoms with van der Waals surface area (Å²) in [5.41, 5.74) is 0.290. The van der Waals surface area contributed by atoms with Crippen molar-refractivity contribution in [3.63, 3.8) is 0 Å². The number of carboxylic acids is 1. The smallest absolute Gasteiger partial charge is 0.308 e. The van der Waals surface area contributed by atoms with Crippen molar-refractivity contribution in [1.82, 2.24) is 9.88 Å². The third kappa shape index (κ3) is 3.43. The molecule has 0 radical (unpaired) electrons. The summed E-state index contributed by atoms with van der Waals surface area (Å²) in [6.07, 6.45) is 1.50. The monoisotopic (exact) mass is 270 g/mol. The van der Waals surface area contributed by atoms with E-state index in [1.807, 2.05) is 0 Å². The van der Waals surface area contributed by atoms with E-state index < -0.39 is 11.9 Å². The topological polar surface area (TPSA) is 70.5 Å². The van der Waals surface area contributed by atoms with E-state index >= 15 is 0 Å². The zero-order valence-electron chi connectivity index (χ0n) is 10.3. The molecular formula is C12H15ClN2O3. The Hall–Kier alpha value is -1.62. The molecule has 0 spiro atoms. The van der Waals surface area contributed by atoms with Gasteiger partial charge in [-0.05, 0) is 19.1 Å². The van der Waals surface area contributed by atoms with Crippen molar-refractivity contribution in [2.45, 2.75) is 13.8 Å². The predicted molar refractivity (Wildman–Crippen MR) is 67.6 cm³/mol. The normalized spacial score (nSPS) is 11.9. The number of aromatic nitrogens is 1. The lowest BCUT2D eigenvalue weighted by Crippen LogP contribution is -2.37. The standard InChI is InChI=1S/C12H15ClN2O3/c1-3-15(7-8(2)12(17)18)11(16)9-5-4-6-14-10(9)13/h4-6,8H,3,7H2,1-2H3,(H,17,18). The average Bonchev–Trinajstić information content (AvgIpc) is 2.35. The maximum absolute atomic E-state index is 12.2. The SMILES string of the molecule is CCN(CC(C)C(=O)O)C(=O)c1cccnc1Cl. The summed E-state index contributed by atoms with van der Waals surface area (Å²) in [4.78, 5) is 28.2. The van der Waals surface area contributed by atoms with Gasteiger partial charge in [0.2, 0.25) is 0 Å². The molecule has 98 valence electrons. The Morgan fingerprint density at radius 1 is 1.56 bits per heavy atom. The summed E-state index contributed by atoms with van der Waals surface area (Å²) in [5, 5.41) is 8.99. The molecule has 0 bridgehead atoms. The number of hydrogen-bond acceptors (Lipinski definition) is 3. The lowest BCUT2D eigenvalue weighted by atomic mass is 10.1. The maximum atomic E-state index is 12.2. The van der Waals surface area contributed by atoms with E-state index in [0.717, 1.165) is 0 Å². The van der Waals surface area contributed by atoms with Crippen LogP contribution >= 0.6 is 11.6 Å². The van der Waals surface area contributed by atoms with Gasteiger partial charge < -0.3 is 10.0 Å². The molecule has 1 aromatic heterocycles. The molecular weight excluding hydrogens is 256 g/mol. The van der Waals surface area contributed by atoms with Crippen LogP contribution in [0, 0.1) is 5.92 Å². The van der Waals surface area contributed by atoms with Crippen LogP contribution in [0.1, 0.15) is 24.2 Å². The zero-order chi connectivity index (χ0) is 13.7. The summed E-state index contributed by atoms with van der Waals surface area (Å²) in [6, 6.07) is 3.19.